The van der Waals surface area contributed by atoms with Crippen LogP contribution in [0.25, 0.3) is 0 Å². The van der Waals surface area contributed by atoms with Gasteiger partial charge in [-0.1, -0.05) is 19.8 Å². The summed E-state index contributed by atoms with van der Waals surface area (Å²) in [7, 11) is 0. The van der Waals surface area contributed by atoms with E-state index in [1.165, 1.54) is 45.3 Å². The Morgan fingerprint density at radius 2 is 2.00 bits per heavy atom. The first-order chi connectivity index (χ1) is 10.9. The topological polar surface area (TPSA) is 53.6 Å². The van der Waals surface area contributed by atoms with E-state index in [0.29, 0.717) is 18.6 Å². The Kier molecular flexibility index (Phi) is 6.72. The lowest BCUT2D eigenvalue weighted by atomic mass is 9.83. The van der Waals surface area contributed by atoms with E-state index in [1.54, 1.807) is 0 Å². The van der Waals surface area contributed by atoms with Gasteiger partial charge in [-0.05, 0) is 59.0 Å². The summed E-state index contributed by atoms with van der Waals surface area (Å²) in [6.45, 7) is 12.2. The number of piperidine rings is 3. The SMILES string of the molecule is CCCCC(CNC(=O)OC(C)(C)C)NC1CN2CCC1CC2. The van der Waals surface area contributed by atoms with E-state index in [2.05, 4.69) is 22.5 Å². The molecule has 3 aliphatic heterocycles. The molecule has 2 unspecified atom stereocenters. The van der Waals surface area contributed by atoms with E-state index in [1.807, 2.05) is 20.8 Å². The van der Waals surface area contributed by atoms with E-state index in [4.69, 9.17) is 4.74 Å². The van der Waals surface area contributed by atoms with Crippen LogP contribution in [0.5, 0.6) is 0 Å². The van der Waals surface area contributed by atoms with Crippen molar-refractivity contribution < 1.29 is 9.53 Å². The number of carbonyl (C=O) groups is 1. The van der Waals surface area contributed by atoms with Crippen molar-refractivity contribution in [1.29, 1.82) is 0 Å². The number of ether oxygens (including phenoxy) is 1. The van der Waals surface area contributed by atoms with Crippen LogP contribution in [-0.2, 0) is 4.74 Å². The maximum atomic E-state index is 11.9. The van der Waals surface area contributed by atoms with Gasteiger partial charge in [-0.25, -0.2) is 4.79 Å². The summed E-state index contributed by atoms with van der Waals surface area (Å²) >= 11 is 0. The molecule has 23 heavy (non-hydrogen) atoms. The third-order valence-corrected chi connectivity index (χ3v) is 4.90. The molecule has 5 nitrogen and oxygen atoms in total. The number of nitrogens with one attached hydrogen (secondary N) is 2. The van der Waals surface area contributed by atoms with Crippen molar-refractivity contribution in [1.82, 2.24) is 15.5 Å². The van der Waals surface area contributed by atoms with Crippen molar-refractivity contribution in [2.24, 2.45) is 5.92 Å². The van der Waals surface area contributed by atoms with Crippen molar-refractivity contribution in [2.75, 3.05) is 26.2 Å². The average Bonchev–Trinajstić information content (AvgIpc) is 2.49. The molecular formula is C18H35N3O2. The molecule has 0 aromatic rings. The molecule has 1 amide bonds. The first-order valence-corrected chi connectivity index (χ1v) is 9.32. The van der Waals surface area contributed by atoms with Crippen molar-refractivity contribution >= 4 is 6.09 Å². The molecular weight excluding hydrogens is 290 g/mol. The molecule has 3 heterocycles. The molecule has 0 radical (unpaired) electrons. The molecule has 2 N–H and O–H groups in total. The minimum atomic E-state index is -0.438. The highest BCUT2D eigenvalue weighted by molar-refractivity contribution is 5.67. The summed E-state index contributed by atoms with van der Waals surface area (Å²) in [5, 5.41) is 6.77. The summed E-state index contributed by atoms with van der Waals surface area (Å²) in [6.07, 6.45) is 5.81. The zero-order valence-corrected chi connectivity index (χ0v) is 15.4. The van der Waals surface area contributed by atoms with Crippen LogP contribution in [0.1, 0.15) is 59.8 Å². The summed E-state index contributed by atoms with van der Waals surface area (Å²) in [5.74, 6) is 0.811. The number of carbonyl (C=O) groups excluding carboxylic acids is 1. The average molecular weight is 325 g/mol. The van der Waals surface area contributed by atoms with Gasteiger partial charge in [-0.2, -0.15) is 0 Å². The van der Waals surface area contributed by atoms with Gasteiger partial charge < -0.3 is 20.3 Å². The van der Waals surface area contributed by atoms with Crippen molar-refractivity contribution in [3.05, 3.63) is 0 Å². The summed E-state index contributed by atoms with van der Waals surface area (Å²) in [4.78, 5) is 14.5. The predicted molar refractivity (Wildman–Crippen MR) is 93.6 cm³/mol. The zero-order chi connectivity index (χ0) is 16.9. The number of rotatable bonds is 7. The number of alkyl carbamates (subject to hydrolysis) is 1. The first kappa shape index (κ1) is 18.5. The van der Waals surface area contributed by atoms with Crippen LogP contribution in [0.2, 0.25) is 0 Å². The Balaban J connectivity index is 1.80. The second-order valence-electron chi connectivity index (χ2n) is 8.13. The fraction of sp³-hybridized carbons (Fsp3) is 0.944. The Labute approximate surface area is 141 Å². The highest BCUT2D eigenvalue weighted by Crippen LogP contribution is 2.28. The third kappa shape index (κ3) is 6.30. The van der Waals surface area contributed by atoms with E-state index in [9.17, 15) is 4.79 Å². The molecule has 5 heteroatoms. The minimum absolute atomic E-state index is 0.310. The fourth-order valence-corrected chi connectivity index (χ4v) is 3.67. The number of nitrogens with zero attached hydrogens (tertiary/aromatic N) is 1. The quantitative estimate of drug-likeness (QED) is 0.756. The van der Waals surface area contributed by atoms with Gasteiger partial charge in [0.05, 0.1) is 0 Å². The molecule has 3 aliphatic rings. The Hall–Kier alpha value is -0.810. The number of fused-ring (bicyclic) bond motifs is 3. The molecule has 3 saturated heterocycles. The van der Waals surface area contributed by atoms with E-state index < -0.39 is 5.60 Å². The molecule has 0 saturated carbocycles. The first-order valence-electron chi connectivity index (χ1n) is 9.32. The summed E-state index contributed by atoms with van der Waals surface area (Å²) in [6, 6.07) is 0.924. The molecule has 0 spiro atoms. The van der Waals surface area contributed by atoms with E-state index in [0.717, 1.165) is 12.3 Å². The normalized spacial score (nSPS) is 28.4. The maximum absolute atomic E-state index is 11.9. The fourth-order valence-electron chi connectivity index (χ4n) is 3.67. The number of hydrogen-bond acceptors (Lipinski definition) is 4. The molecule has 134 valence electrons. The molecule has 2 bridgehead atoms. The van der Waals surface area contributed by atoms with E-state index >= 15 is 0 Å². The summed E-state index contributed by atoms with van der Waals surface area (Å²) in [5.41, 5.74) is -0.438. The van der Waals surface area contributed by atoms with Gasteiger partial charge in [-0.3, -0.25) is 0 Å². The second-order valence-corrected chi connectivity index (χ2v) is 8.13. The molecule has 2 atom stereocenters. The van der Waals surface area contributed by atoms with Crippen molar-refractivity contribution in [2.45, 2.75) is 77.5 Å². The van der Waals surface area contributed by atoms with Crippen LogP contribution in [0.4, 0.5) is 4.79 Å². The Morgan fingerprint density at radius 1 is 1.30 bits per heavy atom. The van der Waals surface area contributed by atoms with Crippen LogP contribution >= 0.6 is 0 Å². The standard InChI is InChI=1S/C18H35N3O2/c1-5-6-7-15(12-19-17(22)23-18(2,3)4)20-16-13-21-10-8-14(16)9-11-21/h14-16,20H,5-13H2,1-4H3,(H,19,22). The molecule has 0 aromatic carbocycles. The highest BCUT2D eigenvalue weighted by Gasteiger charge is 2.34. The molecule has 0 aliphatic carbocycles. The van der Waals surface area contributed by atoms with Gasteiger partial charge >= 0.3 is 6.09 Å². The number of amides is 1. The maximum Gasteiger partial charge on any atom is 0.407 e. The monoisotopic (exact) mass is 325 g/mol. The number of hydrogen-bond donors (Lipinski definition) is 2. The van der Waals surface area contributed by atoms with Gasteiger partial charge in [0, 0.05) is 25.2 Å². The van der Waals surface area contributed by atoms with Crippen LogP contribution < -0.4 is 10.6 Å². The van der Waals surface area contributed by atoms with Gasteiger partial charge in [0.1, 0.15) is 5.60 Å². The van der Waals surface area contributed by atoms with Gasteiger partial charge in [-0.15, -0.1) is 0 Å². The Bertz CT molecular complexity index is 373. The number of unbranched alkanes of at least 4 members (excludes halogenated alkanes) is 1. The predicted octanol–water partition coefficient (Wildman–Crippen LogP) is 2.75. The lowest BCUT2D eigenvalue weighted by Crippen LogP contribution is -2.59. The van der Waals surface area contributed by atoms with Crippen molar-refractivity contribution in [3.63, 3.8) is 0 Å². The van der Waals surface area contributed by atoms with Gasteiger partial charge in [0.15, 0.2) is 0 Å². The molecule has 0 aromatic heterocycles. The smallest absolute Gasteiger partial charge is 0.407 e. The van der Waals surface area contributed by atoms with E-state index in [-0.39, 0.29) is 6.09 Å². The van der Waals surface area contributed by atoms with Gasteiger partial charge in [0.2, 0.25) is 0 Å². The van der Waals surface area contributed by atoms with Crippen LogP contribution in [-0.4, -0.2) is 54.9 Å². The Morgan fingerprint density at radius 3 is 2.52 bits per heavy atom. The van der Waals surface area contributed by atoms with Crippen LogP contribution in [0.3, 0.4) is 0 Å². The zero-order valence-electron chi connectivity index (χ0n) is 15.4. The van der Waals surface area contributed by atoms with Crippen molar-refractivity contribution in [3.8, 4) is 0 Å². The third-order valence-electron chi connectivity index (χ3n) is 4.90. The van der Waals surface area contributed by atoms with Crippen LogP contribution in [0, 0.1) is 5.92 Å². The highest BCUT2D eigenvalue weighted by atomic mass is 16.6. The molecule has 3 fully saturated rings. The lowest BCUT2D eigenvalue weighted by Gasteiger charge is -2.46. The molecule has 3 rings (SSSR count). The van der Waals surface area contributed by atoms with Crippen LogP contribution in [0.15, 0.2) is 0 Å². The largest absolute Gasteiger partial charge is 0.444 e. The van der Waals surface area contributed by atoms with Gasteiger partial charge in [0.25, 0.3) is 0 Å². The summed E-state index contributed by atoms with van der Waals surface area (Å²) < 4.78 is 5.35. The second kappa shape index (κ2) is 8.34. The lowest BCUT2D eigenvalue weighted by molar-refractivity contribution is 0.0499. The minimum Gasteiger partial charge on any atom is -0.444 e.